The van der Waals surface area contributed by atoms with E-state index in [-0.39, 0.29) is 11.8 Å². The molecule has 0 radical (unpaired) electrons. The average molecular weight is 375 g/mol. The molecule has 2 fully saturated rings. The summed E-state index contributed by atoms with van der Waals surface area (Å²) in [6.07, 6.45) is 6.56. The number of hydrogen-bond donors (Lipinski definition) is 1. The second-order valence-corrected chi connectivity index (χ2v) is 8.09. The topological polar surface area (TPSA) is 67.2 Å². The first kappa shape index (κ1) is 17.3. The van der Waals surface area contributed by atoms with Crippen molar-refractivity contribution in [1.29, 1.82) is 0 Å². The van der Waals surface area contributed by atoms with Crippen LogP contribution in [0.2, 0.25) is 5.02 Å². The Labute approximate surface area is 157 Å². The Morgan fingerprint density at radius 2 is 1.92 bits per heavy atom. The number of rotatable bonds is 3. The van der Waals surface area contributed by atoms with Crippen molar-refractivity contribution in [2.75, 3.05) is 13.1 Å². The fraction of sp³-hybridized carbons (Fsp3) is 0.526. The maximum absolute atomic E-state index is 12.7. The van der Waals surface area contributed by atoms with Crippen molar-refractivity contribution in [2.45, 2.75) is 38.6 Å². The molecule has 2 amide bonds. The van der Waals surface area contributed by atoms with Gasteiger partial charge in [0.15, 0.2) is 0 Å². The number of nitrogens with zero attached hydrogens (tertiary/aromatic N) is 3. The van der Waals surface area contributed by atoms with E-state index in [4.69, 9.17) is 11.6 Å². The van der Waals surface area contributed by atoms with Crippen molar-refractivity contribution in [1.82, 2.24) is 20.0 Å². The number of nitrogens with one attached hydrogen (secondary N) is 1. The molecular formula is C19H23ClN4O2. The number of halogens is 1. The van der Waals surface area contributed by atoms with Crippen LogP contribution in [0.3, 0.4) is 0 Å². The highest BCUT2D eigenvalue weighted by Gasteiger charge is 2.45. The summed E-state index contributed by atoms with van der Waals surface area (Å²) in [4.78, 5) is 27.3. The summed E-state index contributed by atoms with van der Waals surface area (Å²) in [7, 11) is 1.78. The van der Waals surface area contributed by atoms with Gasteiger partial charge in [0.1, 0.15) is 11.6 Å². The highest BCUT2D eigenvalue weighted by molar-refractivity contribution is 6.35. The van der Waals surface area contributed by atoms with Crippen LogP contribution in [0.5, 0.6) is 0 Å². The van der Waals surface area contributed by atoms with Gasteiger partial charge in [-0.05, 0) is 50.2 Å². The third-order valence-corrected chi connectivity index (χ3v) is 6.10. The zero-order chi connectivity index (χ0) is 18.5. The highest BCUT2D eigenvalue weighted by Crippen LogP contribution is 2.53. The van der Waals surface area contributed by atoms with Gasteiger partial charge in [-0.2, -0.15) is 5.10 Å². The molecule has 4 rings (SSSR count). The minimum atomic E-state index is -0.557. The molecule has 1 saturated heterocycles. The SMILES string of the molecule is C[C@H](NC(=O)c1ccc(Cl)c2nn(C)cc12)C(=O)N1CCC2(CC1)CC2. The molecule has 1 saturated carbocycles. The Kier molecular flexibility index (Phi) is 4.18. The number of aromatic nitrogens is 2. The second-order valence-electron chi connectivity index (χ2n) is 7.68. The predicted molar refractivity (Wildman–Crippen MR) is 100 cm³/mol. The van der Waals surface area contributed by atoms with Gasteiger partial charge in [-0.1, -0.05) is 11.6 Å². The molecule has 1 aromatic heterocycles. The first-order chi connectivity index (χ1) is 12.4. The van der Waals surface area contributed by atoms with Crippen molar-refractivity contribution in [3.63, 3.8) is 0 Å². The van der Waals surface area contributed by atoms with E-state index in [1.54, 1.807) is 37.0 Å². The zero-order valence-electron chi connectivity index (χ0n) is 15.1. The third-order valence-electron chi connectivity index (χ3n) is 5.80. The quantitative estimate of drug-likeness (QED) is 0.898. The Hall–Kier alpha value is -2.08. The van der Waals surface area contributed by atoms with Crippen molar-refractivity contribution >= 4 is 34.3 Å². The van der Waals surface area contributed by atoms with E-state index >= 15 is 0 Å². The summed E-state index contributed by atoms with van der Waals surface area (Å²) in [5.74, 6) is -0.290. The van der Waals surface area contributed by atoms with Crippen molar-refractivity contribution in [3.05, 3.63) is 28.9 Å². The van der Waals surface area contributed by atoms with Gasteiger partial charge in [0.2, 0.25) is 5.91 Å². The molecule has 1 aromatic carbocycles. The maximum atomic E-state index is 12.7. The number of likely N-dealkylation sites (tertiary alicyclic amines) is 1. The fourth-order valence-corrected chi connectivity index (χ4v) is 4.08. The van der Waals surface area contributed by atoms with Gasteiger partial charge in [-0.3, -0.25) is 14.3 Å². The summed E-state index contributed by atoms with van der Waals surface area (Å²) in [5, 5.41) is 8.32. The Morgan fingerprint density at radius 1 is 1.23 bits per heavy atom. The summed E-state index contributed by atoms with van der Waals surface area (Å²) in [6, 6.07) is 2.78. The second kappa shape index (κ2) is 6.27. The number of benzene rings is 1. The Bertz CT molecular complexity index is 877. The third kappa shape index (κ3) is 3.07. The number of amides is 2. The average Bonchev–Trinajstić information content (AvgIpc) is 3.24. The maximum Gasteiger partial charge on any atom is 0.252 e. The first-order valence-corrected chi connectivity index (χ1v) is 9.48. The largest absolute Gasteiger partial charge is 0.341 e. The van der Waals surface area contributed by atoms with Gasteiger partial charge >= 0.3 is 0 Å². The number of hydrogen-bond acceptors (Lipinski definition) is 3. The van der Waals surface area contributed by atoms with Crippen LogP contribution in [-0.4, -0.2) is 45.6 Å². The summed E-state index contributed by atoms with van der Waals surface area (Å²) in [6.45, 7) is 3.35. The molecule has 0 bridgehead atoms. The number of carbonyl (C=O) groups is 2. The van der Waals surface area contributed by atoms with Gasteiger partial charge in [0.25, 0.3) is 5.91 Å². The minimum absolute atomic E-state index is 0.00903. The van der Waals surface area contributed by atoms with E-state index in [0.717, 1.165) is 25.9 Å². The smallest absolute Gasteiger partial charge is 0.252 e. The molecule has 1 aliphatic heterocycles. The van der Waals surface area contributed by atoms with E-state index in [2.05, 4.69) is 10.4 Å². The molecule has 2 aromatic rings. The molecule has 1 atom stereocenters. The number of carbonyl (C=O) groups excluding carboxylic acids is 2. The number of piperidine rings is 1. The van der Waals surface area contributed by atoms with Gasteiger partial charge in [0, 0.05) is 31.7 Å². The van der Waals surface area contributed by atoms with Crippen LogP contribution < -0.4 is 5.32 Å². The van der Waals surface area contributed by atoms with Gasteiger partial charge in [-0.25, -0.2) is 0 Å². The van der Waals surface area contributed by atoms with E-state index in [1.807, 2.05) is 4.90 Å². The minimum Gasteiger partial charge on any atom is -0.341 e. The zero-order valence-corrected chi connectivity index (χ0v) is 15.8. The van der Waals surface area contributed by atoms with Crippen LogP contribution in [0.4, 0.5) is 0 Å². The molecule has 1 N–H and O–H groups in total. The lowest BCUT2D eigenvalue weighted by Gasteiger charge is -2.33. The van der Waals surface area contributed by atoms with Crippen LogP contribution in [0.1, 0.15) is 43.0 Å². The van der Waals surface area contributed by atoms with E-state index in [0.29, 0.717) is 26.9 Å². The molecule has 2 aliphatic rings. The summed E-state index contributed by atoms with van der Waals surface area (Å²) >= 11 is 6.16. The summed E-state index contributed by atoms with van der Waals surface area (Å²) < 4.78 is 1.63. The molecule has 7 heteroatoms. The molecule has 138 valence electrons. The van der Waals surface area contributed by atoms with Crippen LogP contribution >= 0.6 is 11.6 Å². The molecule has 0 unspecified atom stereocenters. The lowest BCUT2D eigenvalue weighted by molar-refractivity contribution is -0.134. The molecule has 1 aliphatic carbocycles. The van der Waals surface area contributed by atoms with Gasteiger partial charge in [0.05, 0.1) is 10.6 Å². The van der Waals surface area contributed by atoms with Gasteiger partial charge < -0.3 is 10.2 Å². The number of aryl methyl sites for hydroxylation is 1. The Balaban J connectivity index is 1.46. The Morgan fingerprint density at radius 3 is 2.58 bits per heavy atom. The fourth-order valence-electron chi connectivity index (χ4n) is 3.87. The van der Waals surface area contributed by atoms with Crippen molar-refractivity contribution in [2.24, 2.45) is 12.5 Å². The van der Waals surface area contributed by atoms with Crippen LogP contribution in [0, 0.1) is 5.41 Å². The lowest BCUT2D eigenvalue weighted by Crippen LogP contribution is -2.49. The monoisotopic (exact) mass is 374 g/mol. The molecule has 6 nitrogen and oxygen atoms in total. The molecule has 26 heavy (non-hydrogen) atoms. The molecule has 2 heterocycles. The molecular weight excluding hydrogens is 352 g/mol. The number of fused-ring (bicyclic) bond motifs is 1. The van der Waals surface area contributed by atoms with Crippen molar-refractivity contribution < 1.29 is 9.59 Å². The first-order valence-electron chi connectivity index (χ1n) is 9.10. The van der Waals surface area contributed by atoms with Gasteiger partial charge in [-0.15, -0.1) is 0 Å². The molecule has 1 spiro atoms. The normalized spacial score (nSPS) is 19.6. The summed E-state index contributed by atoms with van der Waals surface area (Å²) in [5.41, 5.74) is 1.60. The van der Waals surface area contributed by atoms with Crippen molar-refractivity contribution in [3.8, 4) is 0 Å². The predicted octanol–water partition coefficient (Wildman–Crippen LogP) is 2.75. The van der Waals surface area contributed by atoms with Crippen LogP contribution in [-0.2, 0) is 11.8 Å². The van der Waals surface area contributed by atoms with Crippen LogP contribution in [0.25, 0.3) is 10.9 Å². The highest BCUT2D eigenvalue weighted by atomic mass is 35.5. The standard InChI is InChI=1S/C19H23ClN4O2/c1-12(18(26)24-9-7-19(5-6-19)8-10-24)21-17(25)13-3-4-15(20)16-14(13)11-23(2)22-16/h3-4,11-12H,5-10H2,1-2H3,(H,21,25)/t12-/m0/s1. The van der Waals surface area contributed by atoms with Crippen LogP contribution in [0.15, 0.2) is 18.3 Å². The van der Waals surface area contributed by atoms with E-state index in [9.17, 15) is 9.59 Å². The van der Waals surface area contributed by atoms with E-state index in [1.165, 1.54) is 12.8 Å². The van der Waals surface area contributed by atoms with E-state index < -0.39 is 6.04 Å². The lowest BCUT2D eigenvalue weighted by atomic mass is 9.93.